The van der Waals surface area contributed by atoms with Crippen molar-refractivity contribution in [1.82, 2.24) is 4.90 Å². The Kier molecular flexibility index (Phi) is 4.90. The van der Waals surface area contributed by atoms with Crippen LogP contribution in [-0.2, 0) is 6.18 Å². The van der Waals surface area contributed by atoms with Crippen molar-refractivity contribution < 1.29 is 22.4 Å². The van der Waals surface area contributed by atoms with Crippen LogP contribution in [0.1, 0.15) is 46.8 Å². The van der Waals surface area contributed by atoms with Gasteiger partial charge in [0.15, 0.2) is 0 Å². The highest BCUT2D eigenvalue weighted by atomic mass is 19.4. The van der Waals surface area contributed by atoms with Crippen molar-refractivity contribution >= 4 is 16.9 Å². The van der Waals surface area contributed by atoms with Gasteiger partial charge in [0.1, 0.15) is 11.1 Å². The maximum atomic E-state index is 13.2. The molecule has 7 heteroatoms. The van der Waals surface area contributed by atoms with Crippen LogP contribution in [0.25, 0.3) is 11.0 Å². The van der Waals surface area contributed by atoms with Crippen LogP contribution in [-0.4, -0.2) is 17.4 Å². The van der Waals surface area contributed by atoms with Gasteiger partial charge in [0.2, 0.25) is 0 Å². The molecule has 2 aromatic carbocycles. The summed E-state index contributed by atoms with van der Waals surface area (Å²) in [6.45, 7) is 0.427. The van der Waals surface area contributed by atoms with Gasteiger partial charge in [0.05, 0.1) is 11.6 Å². The van der Waals surface area contributed by atoms with Gasteiger partial charge in [0.25, 0.3) is 5.91 Å². The summed E-state index contributed by atoms with van der Waals surface area (Å²) in [6, 6.07) is 12.9. The number of piperidine rings is 1. The van der Waals surface area contributed by atoms with E-state index in [2.05, 4.69) is 0 Å². The molecule has 29 heavy (non-hydrogen) atoms. The number of hydrogen-bond donors (Lipinski definition) is 0. The predicted molar refractivity (Wildman–Crippen MR) is 102 cm³/mol. The number of para-hydroxylation sites is 1. The summed E-state index contributed by atoms with van der Waals surface area (Å²) in [5.41, 5.74) is -0.499. The molecule has 0 radical (unpaired) electrons. The summed E-state index contributed by atoms with van der Waals surface area (Å²) < 4.78 is 43.8. The Morgan fingerprint density at radius 1 is 1.03 bits per heavy atom. The van der Waals surface area contributed by atoms with E-state index in [9.17, 15) is 22.8 Å². The SMILES string of the molecule is O=C(c1cc2ccccc2oc1=O)N1CCCCC1c1ccc(C(F)(F)F)cc1. The molecular formula is C22H18F3NO3. The highest BCUT2D eigenvalue weighted by Crippen LogP contribution is 2.35. The Morgan fingerprint density at radius 2 is 1.76 bits per heavy atom. The van der Waals surface area contributed by atoms with Gasteiger partial charge >= 0.3 is 11.8 Å². The van der Waals surface area contributed by atoms with Gasteiger partial charge < -0.3 is 9.32 Å². The lowest BCUT2D eigenvalue weighted by atomic mass is 9.93. The van der Waals surface area contributed by atoms with Crippen molar-refractivity contribution in [3.05, 3.63) is 81.7 Å². The van der Waals surface area contributed by atoms with Gasteiger partial charge in [-0.25, -0.2) is 4.79 Å². The van der Waals surface area contributed by atoms with Gasteiger partial charge in [-0.2, -0.15) is 13.2 Å². The van der Waals surface area contributed by atoms with Crippen LogP contribution in [0.3, 0.4) is 0 Å². The van der Waals surface area contributed by atoms with E-state index in [1.165, 1.54) is 18.2 Å². The number of nitrogens with zero attached hydrogens (tertiary/aromatic N) is 1. The molecule has 1 aromatic heterocycles. The summed E-state index contributed by atoms with van der Waals surface area (Å²) >= 11 is 0. The van der Waals surface area contributed by atoms with Crippen molar-refractivity contribution in [2.45, 2.75) is 31.5 Å². The number of fused-ring (bicyclic) bond motifs is 1. The summed E-state index contributed by atoms with van der Waals surface area (Å²) in [5, 5.41) is 0.638. The zero-order chi connectivity index (χ0) is 20.6. The van der Waals surface area contributed by atoms with Crippen LogP contribution in [0.5, 0.6) is 0 Å². The summed E-state index contributed by atoms with van der Waals surface area (Å²) in [5.74, 6) is -0.464. The van der Waals surface area contributed by atoms with Crippen molar-refractivity contribution in [2.24, 2.45) is 0 Å². The molecule has 1 atom stereocenters. The minimum atomic E-state index is -4.41. The second kappa shape index (κ2) is 7.39. The molecular weight excluding hydrogens is 383 g/mol. The number of amides is 1. The molecule has 2 heterocycles. The predicted octanol–water partition coefficient (Wildman–Crippen LogP) is 5.18. The van der Waals surface area contributed by atoms with Gasteiger partial charge in [0, 0.05) is 11.9 Å². The molecule has 1 unspecified atom stereocenters. The topological polar surface area (TPSA) is 50.5 Å². The van der Waals surface area contributed by atoms with Gasteiger partial charge in [-0.15, -0.1) is 0 Å². The Balaban J connectivity index is 1.68. The zero-order valence-corrected chi connectivity index (χ0v) is 15.4. The molecule has 1 aliphatic rings. The Labute approximate surface area is 164 Å². The van der Waals surface area contributed by atoms with E-state index in [1.54, 1.807) is 29.2 Å². The van der Waals surface area contributed by atoms with Gasteiger partial charge in [-0.05, 0) is 49.1 Å². The first-order valence-electron chi connectivity index (χ1n) is 9.35. The van der Waals surface area contributed by atoms with Crippen LogP contribution in [0.15, 0.2) is 63.8 Å². The monoisotopic (exact) mass is 401 g/mol. The number of halogens is 3. The minimum Gasteiger partial charge on any atom is -0.422 e. The highest BCUT2D eigenvalue weighted by Gasteiger charge is 2.33. The van der Waals surface area contributed by atoms with Crippen LogP contribution in [0.4, 0.5) is 13.2 Å². The molecule has 0 spiro atoms. The first-order chi connectivity index (χ1) is 13.8. The molecule has 1 amide bonds. The minimum absolute atomic E-state index is 0.0671. The maximum absolute atomic E-state index is 13.2. The smallest absolute Gasteiger partial charge is 0.416 e. The quantitative estimate of drug-likeness (QED) is 0.556. The summed E-state index contributed by atoms with van der Waals surface area (Å²) in [6.07, 6.45) is -2.18. The number of rotatable bonds is 2. The molecule has 4 rings (SSSR count). The molecule has 150 valence electrons. The lowest BCUT2D eigenvalue weighted by molar-refractivity contribution is -0.137. The molecule has 1 fully saturated rings. The largest absolute Gasteiger partial charge is 0.422 e. The fourth-order valence-electron chi connectivity index (χ4n) is 3.78. The first-order valence-corrected chi connectivity index (χ1v) is 9.35. The number of hydrogen-bond acceptors (Lipinski definition) is 3. The van der Waals surface area contributed by atoms with Crippen LogP contribution in [0.2, 0.25) is 0 Å². The zero-order valence-electron chi connectivity index (χ0n) is 15.4. The standard InChI is InChI=1S/C22H18F3NO3/c23-22(24,25)16-10-8-14(9-11-16)18-6-3-4-12-26(18)20(27)17-13-15-5-1-2-7-19(15)29-21(17)28/h1-2,5,7-11,13,18H,3-4,6,12H2. The number of carbonyl (C=O) groups excluding carboxylic acids is 1. The van der Waals surface area contributed by atoms with Crippen molar-refractivity contribution in [1.29, 1.82) is 0 Å². The first kappa shape index (κ1) is 19.2. The van der Waals surface area contributed by atoms with Crippen LogP contribution in [0, 0.1) is 0 Å². The third kappa shape index (κ3) is 3.77. The van der Waals surface area contributed by atoms with E-state index in [-0.39, 0.29) is 11.6 Å². The third-order valence-corrected chi connectivity index (χ3v) is 5.26. The molecule has 3 aromatic rings. The average molecular weight is 401 g/mol. The van der Waals surface area contributed by atoms with Crippen LogP contribution < -0.4 is 5.63 Å². The normalized spacial score (nSPS) is 17.5. The van der Waals surface area contributed by atoms with Crippen molar-refractivity contribution in [3.63, 3.8) is 0 Å². The second-order valence-corrected chi connectivity index (χ2v) is 7.12. The van der Waals surface area contributed by atoms with E-state index in [1.807, 2.05) is 0 Å². The van der Waals surface area contributed by atoms with E-state index in [4.69, 9.17) is 4.42 Å². The number of carbonyl (C=O) groups is 1. The molecule has 0 saturated carbocycles. The molecule has 1 aliphatic heterocycles. The average Bonchev–Trinajstić information content (AvgIpc) is 2.72. The highest BCUT2D eigenvalue weighted by molar-refractivity contribution is 5.97. The van der Waals surface area contributed by atoms with Crippen LogP contribution >= 0.6 is 0 Å². The number of benzene rings is 2. The second-order valence-electron chi connectivity index (χ2n) is 7.12. The summed E-state index contributed by atoms with van der Waals surface area (Å²) in [7, 11) is 0. The Bertz CT molecular complexity index is 1100. The Morgan fingerprint density at radius 3 is 2.48 bits per heavy atom. The Hall–Kier alpha value is -3.09. The lowest BCUT2D eigenvalue weighted by Gasteiger charge is -2.36. The number of likely N-dealkylation sites (tertiary alicyclic amines) is 1. The molecule has 4 nitrogen and oxygen atoms in total. The lowest BCUT2D eigenvalue weighted by Crippen LogP contribution is -2.40. The number of alkyl halides is 3. The third-order valence-electron chi connectivity index (χ3n) is 5.26. The van der Waals surface area contributed by atoms with Crippen molar-refractivity contribution in [3.8, 4) is 0 Å². The van der Waals surface area contributed by atoms with E-state index < -0.39 is 23.3 Å². The molecule has 0 bridgehead atoms. The van der Waals surface area contributed by atoms with Crippen molar-refractivity contribution in [2.75, 3.05) is 6.54 Å². The maximum Gasteiger partial charge on any atom is 0.416 e. The van der Waals surface area contributed by atoms with E-state index in [0.717, 1.165) is 25.0 Å². The molecule has 0 N–H and O–H groups in total. The van der Waals surface area contributed by atoms with E-state index >= 15 is 0 Å². The van der Waals surface area contributed by atoms with Gasteiger partial charge in [-0.1, -0.05) is 30.3 Å². The summed E-state index contributed by atoms with van der Waals surface area (Å²) in [4.78, 5) is 27.1. The molecule has 1 saturated heterocycles. The van der Waals surface area contributed by atoms with Gasteiger partial charge in [-0.3, -0.25) is 4.79 Å². The molecule has 0 aliphatic carbocycles. The fourth-order valence-corrected chi connectivity index (χ4v) is 3.78. The van der Waals surface area contributed by atoms with E-state index in [0.29, 0.717) is 29.5 Å². The fraction of sp³-hybridized carbons (Fsp3) is 0.273.